The Kier molecular flexibility index (Phi) is 8.48. The van der Waals surface area contributed by atoms with Gasteiger partial charge in [0, 0.05) is 25.3 Å². The molecule has 0 aliphatic heterocycles. The van der Waals surface area contributed by atoms with Gasteiger partial charge in [-0.1, -0.05) is 18.2 Å². The monoisotopic (exact) mass is 316 g/mol. The quantitative estimate of drug-likeness (QED) is 0.432. The molecule has 1 amide bonds. The molecule has 0 bridgehead atoms. The molecule has 0 saturated heterocycles. The zero-order valence-corrected chi connectivity index (χ0v) is 14.0. The van der Waals surface area contributed by atoms with E-state index in [4.69, 9.17) is 9.47 Å². The smallest absolute Gasteiger partial charge is 0.261 e. The molecule has 0 aliphatic carbocycles. The summed E-state index contributed by atoms with van der Waals surface area (Å²) in [5.41, 5.74) is 0.767. The minimum atomic E-state index is -0.386. The molecule has 5 heteroatoms. The van der Waals surface area contributed by atoms with Crippen LogP contribution in [0.2, 0.25) is 0 Å². The van der Waals surface area contributed by atoms with Crippen molar-refractivity contribution in [1.82, 2.24) is 5.32 Å². The van der Waals surface area contributed by atoms with E-state index in [0.29, 0.717) is 37.5 Å². The van der Waals surface area contributed by atoms with E-state index in [-0.39, 0.29) is 17.6 Å². The summed E-state index contributed by atoms with van der Waals surface area (Å²) in [6.45, 7) is 7.50. The first-order chi connectivity index (χ1) is 11.1. The fourth-order valence-corrected chi connectivity index (χ4v) is 1.88. The molecule has 0 heterocycles. The third-order valence-corrected chi connectivity index (χ3v) is 2.90. The lowest BCUT2D eigenvalue weighted by atomic mass is 10.1. The fraction of sp³-hybridized carbons (Fsp3) is 0.444. The minimum Gasteiger partial charge on any atom is -0.490 e. The Morgan fingerprint density at radius 1 is 1.39 bits per heavy atom. The molecule has 0 atom stereocenters. The molecule has 0 fully saturated rings. The van der Waals surface area contributed by atoms with Crippen molar-refractivity contribution in [2.45, 2.75) is 33.3 Å². The van der Waals surface area contributed by atoms with E-state index in [0.717, 1.165) is 0 Å². The van der Waals surface area contributed by atoms with Crippen molar-refractivity contribution >= 4 is 12.0 Å². The lowest BCUT2D eigenvalue weighted by molar-refractivity contribution is -0.117. The molecule has 1 aromatic carbocycles. The second kappa shape index (κ2) is 10.4. The predicted molar refractivity (Wildman–Crippen MR) is 89.9 cm³/mol. The number of ether oxygens (including phenoxy) is 2. The molecule has 0 spiro atoms. The highest BCUT2D eigenvalue weighted by molar-refractivity contribution is 6.01. The maximum atomic E-state index is 12.1. The molecule has 124 valence electrons. The molecule has 23 heavy (non-hydrogen) atoms. The van der Waals surface area contributed by atoms with Crippen molar-refractivity contribution in [3.63, 3.8) is 0 Å². The van der Waals surface area contributed by atoms with Crippen molar-refractivity contribution in [2.24, 2.45) is 0 Å². The molecule has 5 nitrogen and oxygen atoms in total. The molecule has 1 N–H and O–H groups in total. The van der Waals surface area contributed by atoms with Gasteiger partial charge in [-0.3, -0.25) is 4.79 Å². The molecule has 0 aromatic heterocycles. The highest BCUT2D eigenvalue weighted by Gasteiger charge is 2.10. The maximum Gasteiger partial charge on any atom is 0.261 e. The molecule has 0 aliphatic rings. The van der Waals surface area contributed by atoms with Crippen molar-refractivity contribution in [3.8, 4) is 11.8 Å². The van der Waals surface area contributed by atoms with Gasteiger partial charge in [0.15, 0.2) is 0 Å². The Morgan fingerprint density at radius 3 is 2.78 bits per heavy atom. The van der Waals surface area contributed by atoms with Gasteiger partial charge in [0.2, 0.25) is 0 Å². The van der Waals surface area contributed by atoms with E-state index in [1.54, 1.807) is 6.08 Å². The summed E-state index contributed by atoms with van der Waals surface area (Å²) >= 11 is 0. The second-order valence-electron chi connectivity index (χ2n) is 5.18. The molecule has 0 saturated carbocycles. The van der Waals surface area contributed by atoms with E-state index in [2.05, 4.69) is 5.32 Å². The average molecular weight is 316 g/mol. The van der Waals surface area contributed by atoms with Crippen LogP contribution < -0.4 is 10.1 Å². The van der Waals surface area contributed by atoms with Gasteiger partial charge >= 0.3 is 0 Å². The van der Waals surface area contributed by atoms with Crippen LogP contribution in [-0.4, -0.2) is 31.8 Å². The van der Waals surface area contributed by atoms with Gasteiger partial charge in [-0.15, -0.1) is 0 Å². The minimum absolute atomic E-state index is 0.0162. The van der Waals surface area contributed by atoms with Crippen LogP contribution in [0.15, 0.2) is 29.8 Å². The number of rotatable bonds is 9. The average Bonchev–Trinajstić information content (AvgIpc) is 2.53. The number of para-hydroxylation sites is 1. The zero-order valence-electron chi connectivity index (χ0n) is 14.0. The first kappa shape index (κ1) is 18.7. The Labute approximate surface area is 137 Å². The van der Waals surface area contributed by atoms with E-state index in [9.17, 15) is 10.1 Å². The van der Waals surface area contributed by atoms with Gasteiger partial charge in [-0.25, -0.2) is 0 Å². The number of hydrogen-bond acceptors (Lipinski definition) is 4. The first-order valence-electron chi connectivity index (χ1n) is 7.81. The van der Waals surface area contributed by atoms with Crippen LogP contribution in [-0.2, 0) is 9.53 Å². The van der Waals surface area contributed by atoms with Crippen LogP contribution in [0.5, 0.6) is 5.75 Å². The van der Waals surface area contributed by atoms with Crippen molar-refractivity contribution in [2.75, 3.05) is 19.8 Å². The van der Waals surface area contributed by atoms with Gasteiger partial charge in [0.25, 0.3) is 5.91 Å². The highest BCUT2D eigenvalue weighted by Crippen LogP contribution is 2.22. The highest BCUT2D eigenvalue weighted by atomic mass is 16.5. The second-order valence-corrected chi connectivity index (χ2v) is 5.18. The summed E-state index contributed by atoms with van der Waals surface area (Å²) in [5.74, 6) is 0.266. The lowest BCUT2D eigenvalue weighted by Crippen LogP contribution is -2.26. The Balaban J connectivity index is 2.75. The summed E-state index contributed by atoms with van der Waals surface area (Å²) in [6, 6.07) is 9.28. The third kappa shape index (κ3) is 6.98. The molecule has 1 rings (SSSR count). The largest absolute Gasteiger partial charge is 0.490 e. The number of carbonyl (C=O) groups excluding carboxylic acids is 1. The van der Waals surface area contributed by atoms with Crippen LogP contribution in [0.3, 0.4) is 0 Å². The van der Waals surface area contributed by atoms with Crippen LogP contribution in [0.4, 0.5) is 0 Å². The Morgan fingerprint density at radius 2 is 2.13 bits per heavy atom. The Bertz CT molecular complexity index is 574. The number of nitrogens with one attached hydrogen (secondary N) is 1. The maximum absolute atomic E-state index is 12.1. The number of nitrogens with zero attached hydrogens (tertiary/aromatic N) is 1. The SMILES string of the molecule is CCOCCCNC(=O)/C(C#N)=C/c1ccccc1OC(C)C. The number of amides is 1. The van der Waals surface area contributed by atoms with E-state index < -0.39 is 0 Å². The van der Waals surface area contributed by atoms with Crippen molar-refractivity contribution in [3.05, 3.63) is 35.4 Å². The van der Waals surface area contributed by atoms with Crippen LogP contribution in [0.1, 0.15) is 32.8 Å². The summed E-state index contributed by atoms with van der Waals surface area (Å²) in [6.07, 6.45) is 2.28. The summed E-state index contributed by atoms with van der Waals surface area (Å²) in [4.78, 5) is 12.1. The van der Waals surface area contributed by atoms with E-state index in [1.165, 1.54) is 0 Å². The van der Waals surface area contributed by atoms with Crippen LogP contribution >= 0.6 is 0 Å². The van der Waals surface area contributed by atoms with Crippen molar-refractivity contribution < 1.29 is 14.3 Å². The standard InChI is InChI=1S/C18H24N2O3/c1-4-22-11-7-10-20-18(21)16(13-19)12-15-8-5-6-9-17(15)23-14(2)3/h5-6,8-9,12,14H,4,7,10-11H2,1-3H3,(H,20,21)/b16-12+. The number of hydrogen-bond donors (Lipinski definition) is 1. The Hall–Kier alpha value is -2.32. The third-order valence-electron chi connectivity index (χ3n) is 2.90. The van der Waals surface area contributed by atoms with E-state index >= 15 is 0 Å². The summed E-state index contributed by atoms with van der Waals surface area (Å²) < 4.78 is 10.9. The lowest BCUT2D eigenvalue weighted by Gasteiger charge is -2.12. The first-order valence-corrected chi connectivity index (χ1v) is 7.81. The topological polar surface area (TPSA) is 71.3 Å². The summed E-state index contributed by atoms with van der Waals surface area (Å²) in [7, 11) is 0. The fourth-order valence-electron chi connectivity index (χ4n) is 1.88. The summed E-state index contributed by atoms with van der Waals surface area (Å²) in [5, 5.41) is 11.9. The van der Waals surface area contributed by atoms with Gasteiger partial charge in [0.05, 0.1) is 6.10 Å². The predicted octanol–water partition coefficient (Wildman–Crippen LogP) is 2.92. The van der Waals surface area contributed by atoms with Gasteiger partial charge in [-0.05, 0) is 39.3 Å². The van der Waals surface area contributed by atoms with Crippen LogP contribution in [0, 0.1) is 11.3 Å². The molecule has 0 radical (unpaired) electrons. The number of benzene rings is 1. The van der Waals surface area contributed by atoms with Crippen molar-refractivity contribution in [1.29, 1.82) is 5.26 Å². The zero-order chi connectivity index (χ0) is 17.1. The number of nitriles is 1. The van der Waals surface area contributed by atoms with E-state index in [1.807, 2.05) is 51.1 Å². The molecular weight excluding hydrogens is 292 g/mol. The molecule has 0 unspecified atom stereocenters. The van der Waals surface area contributed by atoms with Gasteiger partial charge < -0.3 is 14.8 Å². The van der Waals surface area contributed by atoms with Crippen LogP contribution in [0.25, 0.3) is 6.08 Å². The van der Waals surface area contributed by atoms with Gasteiger partial charge in [-0.2, -0.15) is 5.26 Å². The molecular formula is C18H24N2O3. The number of carbonyl (C=O) groups is 1. The molecule has 1 aromatic rings. The van der Waals surface area contributed by atoms with Gasteiger partial charge in [0.1, 0.15) is 17.4 Å². The normalized spacial score (nSPS) is 11.2.